The van der Waals surface area contributed by atoms with E-state index in [2.05, 4.69) is 18.2 Å². The quantitative estimate of drug-likeness (QED) is 0.868. The molecule has 3 aliphatic rings. The number of nitrogens with zero attached hydrogens (tertiary/aromatic N) is 3. The van der Waals surface area contributed by atoms with Gasteiger partial charge in [-0.25, -0.2) is 0 Å². The predicted octanol–water partition coefficient (Wildman–Crippen LogP) is 3.54. The molecule has 6 nitrogen and oxygen atoms in total. The van der Waals surface area contributed by atoms with Crippen LogP contribution in [0.15, 0.2) is 36.4 Å². The van der Waals surface area contributed by atoms with Crippen molar-refractivity contribution in [2.75, 3.05) is 0 Å². The van der Waals surface area contributed by atoms with E-state index in [9.17, 15) is 15.8 Å². The van der Waals surface area contributed by atoms with Crippen LogP contribution in [0.25, 0.3) is 6.08 Å². The van der Waals surface area contributed by atoms with Crippen molar-refractivity contribution in [3.05, 3.63) is 42.0 Å². The van der Waals surface area contributed by atoms with Gasteiger partial charge in [-0.2, -0.15) is 15.8 Å². The highest BCUT2D eigenvalue weighted by Crippen LogP contribution is 2.66. The molecule has 1 aliphatic carbocycles. The van der Waals surface area contributed by atoms with Gasteiger partial charge in [0.2, 0.25) is 17.1 Å². The molecule has 4 unspecified atom stereocenters. The molecule has 0 amide bonds. The lowest BCUT2D eigenvalue weighted by molar-refractivity contribution is -0.280. The minimum Gasteiger partial charge on any atom is -0.447 e. The monoisotopic (exact) mass is 358 g/mol. The van der Waals surface area contributed by atoms with Crippen molar-refractivity contribution < 1.29 is 9.47 Å². The summed E-state index contributed by atoms with van der Waals surface area (Å²) in [5.41, 5.74) is -2.57. The summed E-state index contributed by atoms with van der Waals surface area (Å²) in [7, 11) is 0. The Morgan fingerprint density at radius 3 is 2.48 bits per heavy atom. The standard InChI is InChI=1S/C21H18N4O2/c22-12-19(13-23)17(10-9-15-6-2-1-3-7-15)26-21-11-5-4-8-16(21)20(19,14-24)18(25)27-21/h1-3,6-7,9-10,16-17,25H,4-5,8,11H2/b10-9+,25-18?. The molecule has 0 spiro atoms. The van der Waals surface area contributed by atoms with Crippen molar-refractivity contribution in [2.24, 2.45) is 16.7 Å². The summed E-state index contributed by atoms with van der Waals surface area (Å²) in [6.45, 7) is 0. The lowest BCUT2D eigenvalue weighted by Crippen LogP contribution is -2.62. The number of benzene rings is 1. The highest BCUT2D eigenvalue weighted by atomic mass is 16.7. The van der Waals surface area contributed by atoms with Crippen LogP contribution in [0.2, 0.25) is 0 Å². The van der Waals surface area contributed by atoms with Gasteiger partial charge in [-0.15, -0.1) is 0 Å². The summed E-state index contributed by atoms with van der Waals surface area (Å²) in [5, 5.41) is 38.6. The van der Waals surface area contributed by atoms with Crippen molar-refractivity contribution in [1.29, 1.82) is 21.2 Å². The maximum absolute atomic E-state index is 10.1. The topological polar surface area (TPSA) is 114 Å². The molecule has 2 saturated heterocycles. The first-order valence-electron chi connectivity index (χ1n) is 9.01. The van der Waals surface area contributed by atoms with Crippen molar-refractivity contribution in [3.63, 3.8) is 0 Å². The van der Waals surface area contributed by atoms with Crippen molar-refractivity contribution in [2.45, 2.75) is 37.6 Å². The zero-order valence-corrected chi connectivity index (χ0v) is 14.7. The Kier molecular flexibility index (Phi) is 3.81. The average molecular weight is 358 g/mol. The van der Waals surface area contributed by atoms with Crippen molar-refractivity contribution >= 4 is 12.0 Å². The molecule has 2 heterocycles. The SMILES string of the molecule is N#CC1(C#N)C(/C=C/c2ccccc2)OC23CCCCC2C1(C#N)C(=N)O3. The third kappa shape index (κ3) is 2.04. The molecule has 1 saturated carbocycles. The number of nitrogens with one attached hydrogen (secondary N) is 1. The largest absolute Gasteiger partial charge is 0.447 e. The van der Waals surface area contributed by atoms with Crippen LogP contribution in [0.5, 0.6) is 0 Å². The molecule has 3 fully saturated rings. The number of hydrogen-bond donors (Lipinski definition) is 1. The molecule has 0 radical (unpaired) electrons. The van der Waals surface area contributed by atoms with E-state index in [1.807, 2.05) is 30.3 Å². The minimum absolute atomic E-state index is 0.310. The lowest BCUT2D eigenvalue weighted by Gasteiger charge is -2.50. The van der Waals surface area contributed by atoms with Crippen LogP contribution in [0, 0.1) is 56.2 Å². The molecule has 6 heteroatoms. The Labute approximate surface area is 157 Å². The average Bonchev–Trinajstić information content (AvgIpc) is 2.92. The van der Waals surface area contributed by atoms with Crippen molar-refractivity contribution in [1.82, 2.24) is 0 Å². The van der Waals surface area contributed by atoms with Gasteiger partial charge >= 0.3 is 0 Å². The van der Waals surface area contributed by atoms with E-state index < -0.39 is 28.6 Å². The van der Waals surface area contributed by atoms with E-state index in [4.69, 9.17) is 14.9 Å². The van der Waals surface area contributed by atoms with E-state index in [0.29, 0.717) is 12.8 Å². The van der Waals surface area contributed by atoms with Crippen LogP contribution in [0.3, 0.4) is 0 Å². The number of rotatable bonds is 2. The fraction of sp³-hybridized carbons (Fsp3) is 0.429. The second kappa shape index (κ2) is 5.95. The number of hydrogen-bond acceptors (Lipinski definition) is 6. The maximum Gasteiger partial charge on any atom is 0.217 e. The van der Waals surface area contributed by atoms with Gasteiger partial charge in [-0.1, -0.05) is 48.9 Å². The third-order valence-electron chi connectivity index (χ3n) is 6.12. The molecule has 1 aromatic carbocycles. The molecular formula is C21H18N4O2. The Bertz CT molecular complexity index is 922. The Morgan fingerprint density at radius 1 is 1.07 bits per heavy atom. The van der Waals surface area contributed by atoms with Crippen LogP contribution in [-0.4, -0.2) is 17.8 Å². The predicted molar refractivity (Wildman–Crippen MR) is 95.6 cm³/mol. The van der Waals surface area contributed by atoms with Gasteiger partial charge in [0, 0.05) is 6.42 Å². The molecule has 2 bridgehead atoms. The first kappa shape index (κ1) is 17.3. The second-order valence-electron chi connectivity index (χ2n) is 7.30. The molecule has 1 aromatic rings. The Hall–Kier alpha value is -3.14. The summed E-state index contributed by atoms with van der Waals surface area (Å²) in [5.74, 6) is -1.90. The fourth-order valence-corrected chi connectivity index (χ4v) is 4.83. The second-order valence-corrected chi connectivity index (χ2v) is 7.30. The van der Waals surface area contributed by atoms with Gasteiger partial charge in [-0.3, -0.25) is 5.41 Å². The molecule has 0 aromatic heterocycles. The summed E-state index contributed by atoms with van der Waals surface area (Å²) >= 11 is 0. The summed E-state index contributed by atoms with van der Waals surface area (Å²) < 4.78 is 12.1. The zero-order valence-electron chi connectivity index (χ0n) is 14.7. The van der Waals surface area contributed by atoms with E-state index in [1.165, 1.54) is 0 Å². The van der Waals surface area contributed by atoms with Gasteiger partial charge in [0.25, 0.3) is 0 Å². The highest BCUT2D eigenvalue weighted by molar-refractivity contribution is 5.89. The molecule has 4 rings (SSSR count). The summed E-state index contributed by atoms with van der Waals surface area (Å²) in [4.78, 5) is 0. The van der Waals surface area contributed by atoms with Crippen molar-refractivity contribution in [3.8, 4) is 18.2 Å². The van der Waals surface area contributed by atoms with Crippen LogP contribution >= 0.6 is 0 Å². The minimum atomic E-state index is -1.84. The highest BCUT2D eigenvalue weighted by Gasteiger charge is 2.79. The summed E-state index contributed by atoms with van der Waals surface area (Å²) in [6, 6.07) is 15.7. The lowest BCUT2D eigenvalue weighted by atomic mass is 9.52. The van der Waals surface area contributed by atoms with Crippen LogP contribution in [0.4, 0.5) is 0 Å². The van der Waals surface area contributed by atoms with Crippen LogP contribution in [0.1, 0.15) is 31.2 Å². The molecule has 134 valence electrons. The van der Waals surface area contributed by atoms with Gasteiger partial charge in [0.15, 0.2) is 5.41 Å². The molecule has 27 heavy (non-hydrogen) atoms. The van der Waals surface area contributed by atoms with Crippen LogP contribution < -0.4 is 0 Å². The zero-order chi connectivity index (χ0) is 19.1. The maximum atomic E-state index is 10.1. The first-order valence-corrected chi connectivity index (χ1v) is 9.01. The molecule has 2 aliphatic heterocycles. The Balaban J connectivity index is 1.87. The normalized spacial score (nSPS) is 36.1. The molecule has 1 N–H and O–H groups in total. The number of nitriles is 3. The molecule has 4 atom stereocenters. The van der Waals surface area contributed by atoms with Gasteiger partial charge in [0.05, 0.1) is 24.1 Å². The fourth-order valence-electron chi connectivity index (χ4n) is 4.83. The molecular weight excluding hydrogens is 340 g/mol. The van der Waals surface area contributed by atoms with Gasteiger partial charge in [0.1, 0.15) is 6.10 Å². The van der Waals surface area contributed by atoms with E-state index in [1.54, 1.807) is 12.2 Å². The summed E-state index contributed by atoms with van der Waals surface area (Å²) in [6.07, 6.45) is 5.32. The van der Waals surface area contributed by atoms with Gasteiger partial charge in [-0.05, 0) is 18.4 Å². The van der Waals surface area contributed by atoms with Gasteiger partial charge < -0.3 is 9.47 Å². The smallest absolute Gasteiger partial charge is 0.217 e. The third-order valence-corrected chi connectivity index (χ3v) is 6.12. The van der Waals surface area contributed by atoms with E-state index >= 15 is 0 Å². The van der Waals surface area contributed by atoms with E-state index in [-0.39, 0.29) is 5.90 Å². The number of ether oxygens (including phenoxy) is 2. The first-order chi connectivity index (χ1) is 13.1. The van der Waals surface area contributed by atoms with E-state index in [0.717, 1.165) is 18.4 Å². The Morgan fingerprint density at radius 2 is 1.81 bits per heavy atom. The van der Waals surface area contributed by atoms with Crippen LogP contribution in [-0.2, 0) is 9.47 Å².